The van der Waals surface area contributed by atoms with Gasteiger partial charge in [0, 0.05) is 12.5 Å². The van der Waals surface area contributed by atoms with Gasteiger partial charge in [0.05, 0.1) is 6.20 Å². The van der Waals surface area contributed by atoms with Crippen LogP contribution in [0.25, 0.3) is 0 Å². The van der Waals surface area contributed by atoms with Gasteiger partial charge in [0.2, 0.25) is 0 Å². The van der Waals surface area contributed by atoms with E-state index in [0.29, 0.717) is 12.2 Å². The lowest BCUT2D eigenvalue weighted by Crippen LogP contribution is -2.31. The summed E-state index contributed by atoms with van der Waals surface area (Å²) in [7, 11) is -3.50. The van der Waals surface area contributed by atoms with E-state index in [4.69, 9.17) is 0 Å². The minimum absolute atomic E-state index is 0.0908. The van der Waals surface area contributed by atoms with E-state index in [0.717, 1.165) is 0 Å². The van der Waals surface area contributed by atoms with E-state index < -0.39 is 10.0 Å². The molecule has 1 rings (SSSR count). The predicted molar refractivity (Wildman–Crippen MR) is 57.9 cm³/mol. The molecular weight excluding hydrogens is 214 g/mol. The Hall–Kier alpha value is -1.14. The van der Waals surface area contributed by atoms with E-state index in [2.05, 4.69) is 21.3 Å². The topological polar surface area (TPSA) is 74.8 Å². The summed E-state index contributed by atoms with van der Waals surface area (Å²) in [5.74, 6) is 0.654. The summed E-state index contributed by atoms with van der Waals surface area (Å²) in [4.78, 5) is 6.67. The summed E-state index contributed by atoms with van der Waals surface area (Å²) < 4.78 is 25.8. The van der Waals surface area contributed by atoms with E-state index in [9.17, 15) is 8.42 Å². The van der Waals surface area contributed by atoms with Crippen molar-refractivity contribution in [3.63, 3.8) is 0 Å². The molecule has 5 nitrogen and oxygen atoms in total. The van der Waals surface area contributed by atoms with Crippen molar-refractivity contribution in [3.05, 3.63) is 24.7 Å². The SMILES string of the molecule is C=CC(C)NS(=O)(=O)c1cnc(CC)[nH]1. The van der Waals surface area contributed by atoms with Gasteiger partial charge in [0.1, 0.15) is 5.82 Å². The van der Waals surface area contributed by atoms with Gasteiger partial charge in [-0.3, -0.25) is 0 Å². The first-order chi connectivity index (χ1) is 6.99. The molecule has 1 aromatic heterocycles. The molecule has 0 aliphatic carbocycles. The van der Waals surface area contributed by atoms with Crippen LogP contribution in [0.4, 0.5) is 0 Å². The highest BCUT2D eigenvalue weighted by Gasteiger charge is 2.18. The van der Waals surface area contributed by atoms with Crippen LogP contribution < -0.4 is 4.72 Å². The van der Waals surface area contributed by atoms with Crippen LogP contribution in [0.3, 0.4) is 0 Å². The van der Waals surface area contributed by atoms with Crippen LogP contribution >= 0.6 is 0 Å². The summed E-state index contributed by atoms with van der Waals surface area (Å²) in [5, 5.41) is 0.0908. The normalized spacial score (nSPS) is 13.7. The van der Waals surface area contributed by atoms with Gasteiger partial charge >= 0.3 is 0 Å². The Morgan fingerprint density at radius 2 is 2.40 bits per heavy atom. The Bertz CT molecular complexity index is 436. The number of sulfonamides is 1. The van der Waals surface area contributed by atoms with Crippen LogP contribution in [-0.4, -0.2) is 24.4 Å². The number of hydrogen-bond donors (Lipinski definition) is 2. The molecule has 0 bridgehead atoms. The van der Waals surface area contributed by atoms with Gasteiger partial charge in [-0.2, -0.15) is 0 Å². The van der Waals surface area contributed by atoms with Gasteiger partial charge in [0.15, 0.2) is 5.03 Å². The van der Waals surface area contributed by atoms with Crippen LogP contribution in [0, 0.1) is 0 Å². The molecule has 1 unspecified atom stereocenters. The van der Waals surface area contributed by atoms with Crippen LogP contribution in [0.1, 0.15) is 19.7 Å². The average molecular weight is 229 g/mol. The fraction of sp³-hybridized carbons (Fsp3) is 0.444. The summed E-state index contributed by atoms with van der Waals surface area (Å²) in [6, 6.07) is -0.302. The molecule has 0 saturated heterocycles. The summed E-state index contributed by atoms with van der Waals surface area (Å²) in [6.45, 7) is 7.11. The van der Waals surface area contributed by atoms with Crippen LogP contribution in [-0.2, 0) is 16.4 Å². The Balaban J connectivity index is 2.90. The Morgan fingerprint density at radius 1 is 1.73 bits per heavy atom. The van der Waals surface area contributed by atoms with Crippen molar-refractivity contribution in [3.8, 4) is 0 Å². The number of hydrogen-bond acceptors (Lipinski definition) is 3. The molecule has 0 amide bonds. The number of H-pyrrole nitrogens is 1. The van der Waals surface area contributed by atoms with Crippen LogP contribution in [0.2, 0.25) is 0 Å². The number of imidazole rings is 1. The second-order valence-electron chi connectivity index (χ2n) is 3.19. The largest absolute Gasteiger partial charge is 0.332 e. The van der Waals surface area contributed by atoms with Crippen molar-refractivity contribution in [2.75, 3.05) is 0 Å². The van der Waals surface area contributed by atoms with Crippen molar-refractivity contribution < 1.29 is 8.42 Å². The molecule has 0 saturated carbocycles. The predicted octanol–water partition coefficient (Wildman–Crippen LogP) is 0.825. The van der Waals surface area contributed by atoms with Crippen molar-refractivity contribution in [1.29, 1.82) is 0 Å². The summed E-state index contributed by atoms with van der Waals surface area (Å²) >= 11 is 0. The molecule has 1 heterocycles. The lowest BCUT2D eigenvalue weighted by Gasteiger charge is -2.07. The Kier molecular flexibility index (Phi) is 3.65. The third-order valence-electron chi connectivity index (χ3n) is 1.92. The highest BCUT2D eigenvalue weighted by molar-refractivity contribution is 7.89. The maximum Gasteiger partial charge on any atom is 0.258 e. The first kappa shape index (κ1) is 11.9. The van der Waals surface area contributed by atoms with Crippen molar-refractivity contribution >= 4 is 10.0 Å². The molecule has 0 spiro atoms. The summed E-state index contributed by atoms with van der Waals surface area (Å²) in [6.07, 6.45) is 3.51. The number of aromatic amines is 1. The number of nitrogens with zero attached hydrogens (tertiary/aromatic N) is 1. The molecule has 0 fully saturated rings. The average Bonchev–Trinajstić information content (AvgIpc) is 2.65. The monoisotopic (exact) mass is 229 g/mol. The molecule has 0 aliphatic heterocycles. The number of aromatic nitrogens is 2. The quantitative estimate of drug-likeness (QED) is 0.734. The van der Waals surface area contributed by atoms with Gasteiger partial charge in [-0.25, -0.2) is 18.1 Å². The molecule has 2 N–H and O–H groups in total. The highest BCUT2D eigenvalue weighted by atomic mass is 32.2. The van der Waals surface area contributed by atoms with E-state index in [1.54, 1.807) is 6.92 Å². The molecule has 1 atom stereocenters. The molecule has 15 heavy (non-hydrogen) atoms. The van der Waals surface area contributed by atoms with E-state index in [-0.39, 0.29) is 11.1 Å². The zero-order valence-electron chi connectivity index (χ0n) is 8.82. The maximum atomic E-state index is 11.7. The highest BCUT2D eigenvalue weighted by Crippen LogP contribution is 2.06. The molecular formula is C9H15N3O2S. The third kappa shape index (κ3) is 2.90. The fourth-order valence-electron chi connectivity index (χ4n) is 1.02. The first-order valence-corrected chi connectivity index (χ1v) is 6.16. The zero-order valence-corrected chi connectivity index (χ0v) is 9.63. The first-order valence-electron chi connectivity index (χ1n) is 4.68. The molecule has 0 aromatic carbocycles. The molecule has 0 radical (unpaired) electrons. The van der Waals surface area contributed by atoms with E-state index >= 15 is 0 Å². The van der Waals surface area contributed by atoms with Gasteiger partial charge in [-0.15, -0.1) is 6.58 Å². The number of rotatable bonds is 5. The number of nitrogens with one attached hydrogen (secondary N) is 2. The number of aryl methyl sites for hydroxylation is 1. The minimum atomic E-state index is -3.50. The van der Waals surface area contributed by atoms with Crippen LogP contribution in [0.5, 0.6) is 0 Å². The third-order valence-corrected chi connectivity index (χ3v) is 3.39. The van der Waals surface area contributed by atoms with Gasteiger partial charge in [0.25, 0.3) is 10.0 Å². The Labute approximate surface area is 89.7 Å². The zero-order chi connectivity index (χ0) is 11.5. The molecule has 0 aliphatic rings. The molecule has 6 heteroatoms. The van der Waals surface area contributed by atoms with Crippen molar-refractivity contribution in [2.24, 2.45) is 0 Å². The van der Waals surface area contributed by atoms with Crippen molar-refractivity contribution in [2.45, 2.75) is 31.3 Å². The smallest absolute Gasteiger partial charge is 0.258 e. The standard InChI is InChI=1S/C9H15N3O2S/c1-4-7(3)12-15(13,14)9-6-10-8(5-2)11-9/h4,6-7,12H,1,5H2,2-3H3,(H,10,11). The molecule has 84 valence electrons. The molecule has 1 aromatic rings. The van der Waals surface area contributed by atoms with Gasteiger partial charge in [-0.05, 0) is 6.92 Å². The lowest BCUT2D eigenvalue weighted by molar-refractivity contribution is 0.572. The fourth-order valence-corrected chi connectivity index (χ4v) is 2.17. The van der Waals surface area contributed by atoms with E-state index in [1.807, 2.05) is 6.92 Å². The van der Waals surface area contributed by atoms with Gasteiger partial charge in [-0.1, -0.05) is 13.0 Å². The summed E-state index contributed by atoms with van der Waals surface area (Å²) in [5.41, 5.74) is 0. The van der Waals surface area contributed by atoms with Crippen LogP contribution in [0.15, 0.2) is 23.9 Å². The van der Waals surface area contributed by atoms with Crippen molar-refractivity contribution in [1.82, 2.24) is 14.7 Å². The maximum absolute atomic E-state index is 11.7. The second kappa shape index (κ2) is 4.59. The second-order valence-corrected chi connectivity index (χ2v) is 4.88. The minimum Gasteiger partial charge on any atom is -0.332 e. The lowest BCUT2D eigenvalue weighted by atomic mass is 10.4. The van der Waals surface area contributed by atoms with E-state index in [1.165, 1.54) is 12.3 Å². The Morgan fingerprint density at radius 3 is 2.87 bits per heavy atom. The van der Waals surface area contributed by atoms with Gasteiger partial charge < -0.3 is 4.98 Å².